The van der Waals surface area contributed by atoms with E-state index in [1.54, 1.807) is 33.0 Å². The number of pyridine rings is 1. The van der Waals surface area contributed by atoms with Gasteiger partial charge in [-0.15, -0.1) is 11.3 Å². The molecule has 0 unspecified atom stereocenters. The molecule has 3 aromatic rings. The van der Waals surface area contributed by atoms with Crippen LogP contribution in [0.3, 0.4) is 0 Å². The largest absolute Gasteiger partial charge is 0.444 e. The molecule has 1 aliphatic heterocycles. The first kappa shape index (κ1) is 23.7. The van der Waals surface area contributed by atoms with Crippen molar-refractivity contribution in [3.05, 3.63) is 45.6 Å². The molecular formula is C23H28N6O4S. The highest BCUT2D eigenvalue weighted by molar-refractivity contribution is 7.19. The smallest absolute Gasteiger partial charge is 0.413 e. The molecule has 3 aromatic heterocycles. The zero-order valence-corrected chi connectivity index (χ0v) is 20.4. The number of aromatic nitrogens is 3. The molecular weight excluding hydrogens is 456 g/mol. The number of amides is 2. The summed E-state index contributed by atoms with van der Waals surface area (Å²) in [7, 11) is 0. The number of thiophene rings is 1. The lowest BCUT2D eigenvalue weighted by molar-refractivity contribution is -0.124. The first-order valence-corrected chi connectivity index (χ1v) is 11.9. The number of carbonyl (C=O) groups excluding carboxylic acids is 2. The molecule has 1 aliphatic rings. The van der Waals surface area contributed by atoms with Gasteiger partial charge in [0.2, 0.25) is 5.91 Å². The Hall–Kier alpha value is -3.47. The molecule has 0 spiro atoms. The van der Waals surface area contributed by atoms with E-state index in [4.69, 9.17) is 10.5 Å². The average Bonchev–Trinajstić information content (AvgIpc) is 3.34. The molecule has 10 nitrogen and oxygen atoms in total. The summed E-state index contributed by atoms with van der Waals surface area (Å²) in [5.41, 5.74) is 4.81. The van der Waals surface area contributed by atoms with Crippen LogP contribution in [0.4, 0.5) is 16.3 Å². The van der Waals surface area contributed by atoms with Gasteiger partial charge in [-0.3, -0.25) is 19.5 Å². The maximum atomic E-state index is 13.0. The fourth-order valence-electron chi connectivity index (χ4n) is 4.00. The number of anilines is 2. The second-order valence-corrected chi connectivity index (χ2v) is 10.4. The molecule has 0 radical (unpaired) electrons. The number of hydrogen-bond donors (Lipinski definition) is 3. The standard InChI is InChI=1S/C23H28N6O4S/c1-5-12-7-16(29-19(12)26-11-15(24)21(29)31)20(30)27-10-14-6-13-9-25-18(8-17(13)34-14)28-22(32)33-23(2,3)4/h6,8-9,11-12,16H,5,7,10,24H2,1-4H3,(H,27,30)(H,25,28,32)/t12-,16+/m1/s1. The van der Waals surface area contributed by atoms with Crippen LogP contribution in [-0.4, -0.2) is 32.1 Å². The Kier molecular flexibility index (Phi) is 6.30. The van der Waals surface area contributed by atoms with Crippen molar-refractivity contribution in [1.82, 2.24) is 19.9 Å². The van der Waals surface area contributed by atoms with Crippen LogP contribution in [0.2, 0.25) is 0 Å². The van der Waals surface area contributed by atoms with Gasteiger partial charge >= 0.3 is 6.09 Å². The normalized spacial score (nSPS) is 17.4. The maximum Gasteiger partial charge on any atom is 0.413 e. The Labute approximate surface area is 200 Å². The van der Waals surface area contributed by atoms with Crippen molar-refractivity contribution in [1.29, 1.82) is 0 Å². The number of rotatable bonds is 5. The van der Waals surface area contributed by atoms with Crippen molar-refractivity contribution in [2.75, 3.05) is 11.1 Å². The highest BCUT2D eigenvalue weighted by Gasteiger charge is 2.36. The Bertz CT molecular complexity index is 1310. The molecule has 11 heteroatoms. The monoisotopic (exact) mass is 484 g/mol. The lowest BCUT2D eigenvalue weighted by Crippen LogP contribution is -2.36. The molecule has 0 fully saturated rings. The molecule has 4 rings (SSSR count). The molecule has 4 heterocycles. The number of carbonyl (C=O) groups is 2. The van der Waals surface area contributed by atoms with Crippen molar-refractivity contribution in [2.24, 2.45) is 0 Å². The third kappa shape index (κ3) is 4.89. The summed E-state index contributed by atoms with van der Waals surface area (Å²) in [4.78, 5) is 47.1. The topological polar surface area (TPSA) is 141 Å². The van der Waals surface area contributed by atoms with Gasteiger partial charge in [0.25, 0.3) is 5.56 Å². The number of nitrogen functional groups attached to an aromatic ring is 1. The van der Waals surface area contributed by atoms with Gasteiger partial charge in [0.15, 0.2) is 0 Å². The summed E-state index contributed by atoms with van der Waals surface area (Å²) in [5, 5.41) is 6.47. The van der Waals surface area contributed by atoms with E-state index in [0.29, 0.717) is 24.6 Å². The first-order chi connectivity index (χ1) is 16.1. The zero-order chi connectivity index (χ0) is 24.6. The summed E-state index contributed by atoms with van der Waals surface area (Å²) < 4.78 is 7.60. The van der Waals surface area contributed by atoms with Crippen LogP contribution in [0.25, 0.3) is 10.1 Å². The lowest BCUT2D eigenvalue weighted by atomic mass is 10.0. The predicted octanol–water partition coefficient (Wildman–Crippen LogP) is 3.54. The van der Waals surface area contributed by atoms with E-state index in [0.717, 1.165) is 21.4 Å². The summed E-state index contributed by atoms with van der Waals surface area (Å²) in [6.45, 7) is 7.68. The number of hydrogen-bond acceptors (Lipinski definition) is 8. The van der Waals surface area contributed by atoms with Gasteiger partial charge in [0.05, 0.1) is 12.7 Å². The van der Waals surface area contributed by atoms with Crippen LogP contribution in [0.5, 0.6) is 0 Å². The van der Waals surface area contributed by atoms with Crippen molar-refractivity contribution < 1.29 is 14.3 Å². The first-order valence-electron chi connectivity index (χ1n) is 11.1. The molecule has 2 atom stereocenters. The summed E-state index contributed by atoms with van der Waals surface area (Å²) in [6, 6.07) is 3.07. The third-order valence-corrected chi connectivity index (χ3v) is 6.64. The van der Waals surface area contributed by atoms with Gasteiger partial charge < -0.3 is 15.8 Å². The SMILES string of the molecule is CC[C@@H]1C[C@@H](C(=O)NCc2cc3cnc(NC(=O)OC(C)(C)C)cc3s2)n2c1ncc(N)c2=O. The fourth-order valence-corrected chi connectivity index (χ4v) is 5.01. The van der Waals surface area contributed by atoms with Gasteiger partial charge in [0.1, 0.15) is 29.0 Å². The Morgan fingerprint density at radius 3 is 2.74 bits per heavy atom. The van der Waals surface area contributed by atoms with E-state index >= 15 is 0 Å². The Morgan fingerprint density at radius 1 is 1.26 bits per heavy atom. The minimum Gasteiger partial charge on any atom is -0.444 e. The van der Waals surface area contributed by atoms with E-state index in [2.05, 4.69) is 20.6 Å². The summed E-state index contributed by atoms with van der Waals surface area (Å²) in [6.07, 6.45) is 3.76. The van der Waals surface area contributed by atoms with E-state index < -0.39 is 17.7 Å². The number of fused-ring (bicyclic) bond motifs is 2. The van der Waals surface area contributed by atoms with E-state index in [-0.39, 0.29) is 23.1 Å². The zero-order valence-electron chi connectivity index (χ0n) is 19.5. The molecule has 0 bridgehead atoms. The van der Waals surface area contributed by atoms with Gasteiger partial charge in [-0.25, -0.2) is 14.8 Å². The molecule has 0 aliphatic carbocycles. The molecule has 34 heavy (non-hydrogen) atoms. The quantitative estimate of drug-likeness (QED) is 0.503. The van der Waals surface area contributed by atoms with Crippen molar-refractivity contribution in [2.45, 2.75) is 64.6 Å². The molecule has 2 amide bonds. The fraction of sp³-hybridized carbons (Fsp3) is 0.435. The van der Waals surface area contributed by atoms with Gasteiger partial charge in [-0.05, 0) is 45.7 Å². The number of nitrogens with zero attached hydrogens (tertiary/aromatic N) is 3. The molecule has 0 saturated heterocycles. The van der Waals surface area contributed by atoms with Crippen LogP contribution in [-0.2, 0) is 16.1 Å². The third-order valence-electron chi connectivity index (χ3n) is 5.55. The van der Waals surface area contributed by atoms with Crippen LogP contribution in [0.15, 0.2) is 29.3 Å². The van der Waals surface area contributed by atoms with Gasteiger partial charge in [-0.2, -0.15) is 0 Å². The van der Waals surface area contributed by atoms with E-state index in [1.165, 1.54) is 22.1 Å². The van der Waals surface area contributed by atoms with Crippen LogP contribution >= 0.6 is 11.3 Å². The van der Waals surface area contributed by atoms with Crippen molar-refractivity contribution >= 4 is 44.9 Å². The van der Waals surface area contributed by atoms with Crippen molar-refractivity contribution in [3.8, 4) is 0 Å². The maximum absolute atomic E-state index is 13.0. The lowest BCUT2D eigenvalue weighted by Gasteiger charge is -2.19. The number of nitrogens with one attached hydrogen (secondary N) is 2. The van der Waals surface area contributed by atoms with Crippen molar-refractivity contribution in [3.63, 3.8) is 0 Å². The number of nitrogens with two attached hydrogens (primary N) is 1. The minimum absolute atomic E-state index is 0.0334. The predicted molar refractivity (Wildman–Crippen MR) is 131 cm³/mol. The second kappa shape index (κ2) is 9.05. The van der Waals surface area contributed by atoms with Crippen LogP contribution in [0.1, 0.15) is 63.2 Å². The van der Waals surface area contributed by atoms with Crippen LogP contribution in [0, 0.1) is 0 Å². The molecule has 0 aromatic carbocycles. The average molecular weight is 485 g/mol. The minimum atomic E-state index is -0.635. The highest BCUT2D eigenvalue weighted by atomic mass is 32.1. The van der Waals surface area contributed by atoms with E-state index in [1.807, 2.05) is 13.0 Å². The Balaban J connectivity index is 1.45. The molecule has 4 N–H and O–H groups in total. The second-order valence-electron chi connectivity index (χ2n) is 9.27. The van der Waals surface area contributed by atoms with E-state index in [9.17, 15) is 14.4 Å². The summed E-state index contributed by atoms with van der Waals surface area (Å²) in [5.74, 6) is 0.793. The molecule has 180 valence electrons. The number of ether oxygens (including phenoxy) is 1. The highest BCUT2D eigenvalue weighted by Crippen LogP contribution is 2.36. The summed E-state index contributed by atoms with van der Waals surface area (Å²) >= 11 is 1.48. The van der Waals surface area contributed by atoms with Crippen LogP contribution < -0.4 is 21.9 Å². The Morgan fingerprint density at radius 2 is 2.03 bits per heavy atom. The van der Waals surface area contributed by atoms with Gasteiger partial charge in [0, 0.05) is 27.1 Å². The van der Waals surface area contributed by atoms with Gasteiger partial charge in [-0.1, -0.05) is 6.92 Å². The molecule has 0 saturated carbocycles.